The molecule has 9 heavy (non-hydrogen) atoms. The Hall–Kier alpha value is -1.06. The maximum Gasteiger partial charge on any atom is 0.353 e. The highest BCUT2D eigenvalue weighted by molar-refractivity contribution is 6.35. The van der Waals surface area contributed by atoms with E-state index in [2.05, 4.69) is 9.99 Å². The Kier molecular flexibility index (Phi) is 3.43. The monoisotopic (exact) mass is 131 g/mol. The van der Waals surface area contributed by atoms with E-state index in [0.29, 0.717) is 6.42 Å². The number of hydrogen-bond acceptors (Lipinski definition) is 3. The van der Waals surface area contributed by atoms with E-state index < -0.39 is 5.97 Å². The van der Waals surface area contributed by atoms with Gasteiger partial charge in [-0.1, -0.05) is 12.1 Å². The van der Waals surface area contributed by atoms with Crippen LogP contribution in [0.5, 0.6) is 0 Å². The molecule has 0 rings (SSSR count). The van der Waals surface area contributed by atoms with Crippen LogP contribution in [0.15, 0.2) is 5.16 Å². The van der Waals surface area contributed by atoms with E-state index in [1.807, 2.05) is 0 Å². The van der Waals surface area contributed by atoms with E-state index in [1.54, 1.807) is 6.92 Å². The maximum atomic E-state index is 10.1. The van der Waals surface area contributed by atoms with Crippen molar-refractivity contribution in [1.29, 1.82) is 0 Å². The van der Waals surface area contributed by atoms with Crippen LogP contribution in [0.1, 0.15) is 13.3 Å². The highest BCUT2D eigenvalue weighted by Crippen LogP contribution is 1.85. The Balaban J connectivity index is 3.98. The second kappa shape index (κ2) is 3.88. The fraction of sp³-hybridized carbons (Fsp3) is 0.600. The summed E-state index contributed by atoms with van der Waals surface area (Å²) in [5.74, 6) is -1.03. The summed E-state index contributed by atoms with van der Waals surface area (Å²) in [7, 11) is 1.32. The topological polar surface area (TPSA) is 58.9 Å². The molecule has 0 heterocycles. The third-order valence-corrected chi connectivity index (χ3v) is 0.783. The van der Waals surface area contributed by atoms with Crippen LogP contribution in [-0.2, 0) is 9.63 Å². The minimum atomic E-state index is -1.03. The largest absolute Gasteiger partial charge is 0.477 e. The lowest BCUT2D eigenvalue weighted by molar-refractivity contribution is -0.129. The quantitative estimate of drug-likeness (QED) is 0.447. The number of carboxylic acids is 1. The predicted octanol–water partition coefficient (Wildman–Crippen LogP) is 0.483. The van der Waals surface area contributed by atoms with E-state index in [-0.39, 0.29) is 5.71 Å². The van der Waals surface area contributed by atoms with Crippen molar-refractivity contribution in [2.45, 2.75) is 13.3 Å². The van der Waals surface area contributed by atoms with Gasteiger partial charge in [-0.15, -0.1) is 0 Å². The molecule has 0 aliphatic heterocycles. The molecule has 0 aliphatic rings. The normalized spacial score (nSPS) is 11.1. The molecule has 52 valence electrons. The van der Waals surface area contributed by atoms with Gasteiger partial charge in [0.25, 0.3) is 0 Å². The van der Waals surface area contributed by atoms with Gasteiger partial charge in [0.1, 0.15) is 7.11 Å². The third kappa shape index (κ3) is 2.69. The molecule has 0 amide bonds. The van der Waals surface area contributed by atoms with Crippen LogP contribution < -0.4 is 0 Å². The first kappa shape index (κ1) is 7.94. The zero-order valence-corrected chi connectivity index (χ0v) is 5.42. The van der Waals surface area contributed by atoms with Crippen molar-refractivity contribution < 1.29 is 14.7 Å². The van der Waals surface area contributed by atoms with Crippen molar-refractivity contribution in [2.75, 3.05) is 7.11 Å². The first-order valence-electron chi connectivity index (χ1n) is 2.55. The van der Waals surface area contributed by atoms with Gasteiger partial charge in [0, 0.05) is 0 Å². The minimum Gasteiger partial charge on any atom is -0.477 e. The summed E-state index contributed by atoms with van der Waals surface area (Å²) in [6, 6.07) is 0. The van der Waals surface area contributed by atoms with Crippen molar-refractivity contribution in [3.63, 3.8) is 0 Å². The SMILES string of the molecule is CCC(=NOC)C(=O)O. The molecule has 0 aromatic carbocycles. The third-order valence-electron chi connectivity index (χ3n) is 0.783. The van der Waals surface area contributed by atoms with E-state index >= 15 is 0 Å². The Morgan fingerprint density at radius 3 is 2.44 bits per heavy atom. The Labute approximate surface area is 53.1 Å². The van der Waals surface area contributed by atoms with E-state index in [9.17, 15) is 4.79 Å². The molecule has 0 saturated carbocycles. The molecule has 0 bridgehead atoms. The number of rotatable bonds is 3. The number of carboxylic acid groups (broad SMARTS) is 1. The Bertz CT molecular complexity index is 130. The molecular weight excluding hydrogens is 122 g/mol. The molecule has 0 fully saturated rings. The van der Waals surface area contributed by atoms with Gasteiger partial charge in [-0.2, -0.15) is 0 Å². The van der Waals surface area contributed by atoms with Crippen LogP contribution in [0.4, 0.5) is 0 Å². The first-order chi connectivity index (χ1) is 4.22. The molecule has 0 atom stereocenters. The molecule has 0 aromatic heterocycles. The Morgan fingerprint density at radius 1 is 1.78 bits per heavy atom. The minimum absolute atomic E-state index is 0.0394. The molecule has 4 nitrogen and oxygen atoms in total. The predicted molar refractivity (Wildman–Crippen MR) is 32.4 cm³/mol. The number of oxime groups is 1. The molecule has 0 saturated heterocycles. The molecule has 0 radical (unpaired) electrons. The smallest absolute Gasteiger partial charge is 0.353 e. The van der Waals surface area contributed by atoms with Crippen molar-refractivity contribution in [3.05, 3.63) is 0 Å². The lowest BCUT2D eigenvalue weighted by Gasteiger charge is -1.92. The highest BCUT2D eigenvalue weighted by Gasteiger charge is 2.05. The molecule has 1 N–H and O–H groups in total. The van der Waals surface area contributed by atoms with Crippen LogP contribution >= 0.6 is 0 Å². The Morgan fingerprint density at radius 2 is 2.33 bits per heavy atom. The van der Waals surface area contributed by atoms with E-state index in [1.165, 1.54) is 7.11 Å². The van der Waals surface area contributed by atoms with Crippen LogP contribution in [0.25, 0.3) is 0 Å². The summed E-state index contributed by atoms with van der Waals surface area (Å²) in [5.41, 5.74) is 0.0394. The van der Waals surface area contributed by atoms with Crippen LogP contribution in [0.2, 0.25) is 0 Å². The average molecular weight is 131 g/mol. The second-order valence-corrected chi connectivity index (χ2v) is 1.38. The fourth-order valence-corrected chi connectivity index (χ4v) is 0.365. The average Bonchev–Trinajstić information content (AvgIpc) is 1.82. The van der Waals surface area contributed by atoms with Gasteiger partial charge >= 0.3 is 5.97 Å². The molecular formula is C5H9NO3. The molecule has 0 aromatic rings. The van der Waals surface area contributed by atoms with Crippen LogP contribution in [0.3, 0.4) is 0 Å². The summed E-state index contributed by atoms with van der Waals surface area (Å²) >= 11 is 0. The number of hydrogen-bond donors (Lipinski definition) is 1. The van der Waals surface area contributed by atoms with Crippen molar-refractivity contribution in [1.82, 2.24) is 0 Å². The molecule has 4 heteroatoms. The summed E-state index contributed by atoms with van der Waals surface area (Å²) in [6.07, 6.45) is 0.378. The zero-order chi connectivity index (χ0) is 7.28. The van der Waals surface area contributed by atoms with E-state index in [4.69, 9.17) is 5.11 Å². The number of aliphatic carboxylic acids is 1. The lowest BCUT2D eigenvalue weighted by atomic mass is 10.3. The number of nitrogens with zero attached hydrogens (tertiary/aromatic N) is 1. The van der Waals surface area contributed by atoms with Crippen molar-refractivity contribution in [2.24, 2.45) is 5.16 Å². The van der Waals surface area contributed by atoms with Crippen LogP contribution in [0, 0.1) is 0 Å². The second-order valence-electron chi connectivity index (χ2n) is 1.38. The lowest BCUT2D eigenvalue weighted by Crippen LogP contribution is -2.11. The molecule has 0 unspecified atom stereocenters. The fourth-order valence-electron chi connectivity index (χ4n) is 0.365. The molecule has 0 aliphatic carbocycles. The van der Waals surface area contributed by atoms with Gasteiger partial charge < -0.3 is 9.94 Å². The first-order valence-corrected chi connectivity index (χ1v) is 2.55. The van der Waals surface area contributed by atoms with E-state index in [0.717, 1.165) is 0 Å². The van der Waals surface area contributed by atoms with Gasteiger partial charge in [-0.05, 0) is 6.42 Å². The van der Waals surface area contributed by atoms with Gasteiger partial charge in [-0.25, -0.2) is 4.79 Å². The highest BCUT2D eigenvalue weighted by atomic mass is 16.6. The zero-order valence-electron chi connectivity index (χ0n) is 5.42. The number of carbonyl (C=O) groups is 1. The summed E-state index contributed by atoms with van der Waals surface area (Å²) in [6.45, 7) is 1.70. The standard InChI is InChI=1S/C5H9NO3/c1-3-4(5(7)8)6-9-2/h3H2,1-2H3,(H,7,8). The van der Waals surface area contributed by atoms with Crippen molar-refractivity contribution >= 4 is 11.7 Å². The summed E-state index contributed by atoms with van der Waals surface area (Å²) < 4.78 is 0. The van der Waals surface area contributed by atoms with Gasteiger partial charge in [-0.3, -0.25) is 0 Å². The molecule has 0 spiro atoms. The maximum absolute atomic E-state index is 10.1. The van der Waals surface area contributed by atoms with Gasteiger partial charge in [0.15, 0.2) is 5.71 Å². The van der Waals surface area contributed by atoms with Gasteiger partial charge in [0.05, 0.1) is 0 Å². The van der Waals surface area contributed by atoms with Crippen molar-refractivity contribution in [3.8, 4) is 0 Å². The van der Waals surface area contributed by atoms with Crippen LogP contribution in [-0.4, -0.2) is 23.9 Å². The van der Waals surface area contributed by atoms with Gasteiger partial charge in [0.2, 0.25) is 0 Å². The summed E-state index contributed by atoms with van der Waals surface area (Å²) in [5, 5.41) is 11.6. The summed E-state index contributed by atoms with van der Waals surface area (Å²) in [4.78, 5) is 14.4.